The molecule has 369 valence electrons. The van der Waals surface area contributed by atoms with Gasteiger partial charge in [-0.1, -0.05) is 144 Å². The van der Waals surface area contributed by atoms with Crippen LogP contribution in [0.1, 0.15) is 167 Å². The standard InChI is InChI=1S/C62H65BN6O2.Cu/c1-57(2,3)41-28-39(29-42(32-41)58(4,5)6)54-47-19-17-45(66-47)53(38-26-36(34-64)25-37(27-38)35-65)46-18-20-48(67-46)55(40-30-43(59(7,8)9)33-44(31-40)60(10,11)12)50-22-24-52(69-50)56(51-23-21-49(54)68-51)63-70-61(13,14)62(15,16)71-63;/h17-33H,1-16H3;/q-2;+2. The Bertz CT molecular complexity index is 3320. The number of nitriles is 2. The average molecular weight is 1000 g/mol. The average Bonchev–Trinajstić information content (AvgIpc) is 4.14. The minimum absolute atomic E-state index is 0. The van der Waals surface area contributed by atoms with Crippen LogP contribution in [0.25, 0.3) is 79.8 Å². The summed E-state index contributed by atoms with van der Waals surface area (Å²) >= 11 is 0. The van der Waals surface area contributed by atoms with Crippen LogP contribution in [0.5, 0.6) is 0 Å². The molecule has 9 rings (SSSR count). The molecule has 3 aromatic carbocycles. The van der Waals surface area contributed by atoms with E-state index in [1.807, 2.05) is 36.4 Å². The smallest absolute Gasteiger partial charge is 0.658 e. The third kappa shape index (κ3) is 9.71. The van der Waals surface area contributed by atoms with Crippen molar-refractivity contribution in [3.63, 3.8) is 0 Å². The molecule has 0 saturated carbocycles. The second kappa shape index (κ2) is 18.0. The molecule has 0 unspecified atom stereocenters. The Kier molecular flexibility index (Phi) is 13.1. The number of hydrogen-bond acceptors (Lipinski definition) is 6. The Morgan fingerprint density at radius 3 is 1.10 bits per heavy atom. The van der Waals surface area contributed by atoms with E-state index in [0.717, 1.165) is 50.1 Å². The second-order valence-corrected chi connectivity index (χ2v) is 24.6. The van der Waals surface area contributed by atoms with E-state index in [1.165, 1.54) is 22.3 Å². The first-order valence-corrected chi connectivity index (χ1v) is 24.7. The molecule has 0 atom stereocenters. The third-order valence-corrected chi connectivity index (χ3v) is 14.5. The third-order valence-electron chi connectivity index (χ3n) is 14.5. The zero-order valence-corrected chi connectivity index (χ0v) is 45.6. The van der Waals surface area contributed by atoms with Gasteiger partial charge in [0.15, 0.2) is 0 Å². The van der Waals surface area contributed by atoms with Crippen LogP contribution in [-0.4, -0.2) is 28.3 Å². The van der Waals surface area contributed by atoms with E-state index < -0.39 is 18.3 Å². The first kappa shape index (κ1) is 52.1. The van der Waals surface area contributed by atoms with Crippen molar-refractivity contribution < 1.29 is 26.4 Å². The summed E-state index contributed by atoms with van der Waals surface area (Å²) in [5, 5.41) is 20.5. The molecule has 0 spiro atoms. The molecule has 8 bridgehead atoms. The Morgan fingerprint density at radius 2 is 0.750 bits per heavy atom. The maximum Gasteiger partial charge on any atom is 2.00 e. The van der Waals surface area contributed by atoms with E-state index in [1.54, 1.807) is 6.07 Å². The van der Waals surface area contributed by atoms with Crippen LogP contribution in [0, 0.1) is 22.7 Å². The van der Waals surface area contributed by atoms with Crippen molar-refractivity contribution >= 4 is 59.0 Å². The zero-order chi connectivity index (χ0) is 51.4. The van der Waals surface area contributed by atoms with Gasteiger partial charge in [0.25, 0.3) is 0 Å². The molecule has 0 aliphatic carbocycles. The summed E-state index contributed by atoms with van der Waals surface area (Å²) in [6.45, 7) is 35.2. The molecule has 3 aliphatic rings. The number of benzene rings is 3. The fraction of sp³-hybridized carbons (Fsp3) is 0.355. The summed E-state index contributed by atoms with van der Waals surface area (Å²) < 4.78 is 13.8. The zero-order valence-electron chi connectivity index (χ0n) is 44.7. The quantitative estimate of drug-likeness (QED) is 0.160. The number of aromatic nitrogens is 4. The normalized spacial score (nSPS) is 15.3. The van der Waals surface area contributed by atoms with Gasteiger partial charge in [-0.25, -0.2) is 9.97 Å². The first-order valence-electron chi connectivity index (χ1n) is 24.7. The van der Waals surface area contributed by atoms with Gasteiger partial charge < -0.3 is 19.3 Å². The molecule has 3 aromatic heterocycles. The minimum atomic E-state index is -0.781. The van der Waals surface area contributed by atoms with Crippen molar-refractivity contribution in [1.82, 2.24) is 19.9 Å². The van der Waals surface area contributed by atoms with Gasteiger partial charge in [-0.05, 0) is 153 Å². The SMILES string of the molecule is CC(C)(C)c1cc(-c2c3nc(c(-c4cc(C#N)cc(C#N)c4)c4ccc([n-]4)c(-c4cc(C(C)(C)C)cc(C(C)(C)C)c4)c4nc(c(B5OC(C)(C)C(C)(C)O5)c5ccc2[n-]5)C=C4)C=C3)cc(C(C)(C)C)c1.[Cu+2]. The van der Waals surface area contributed by atoms with Gasteiger partial charge in [0.05, 0.1) is 57.2 Å². The maximum absolute atomic E-state index is 10.3. The van der Waals surface area contributed by atoms with Crippen LogP contribution < -0.4 is 15.4 Å². The molecule has 0 amide bonds. The van der Waals surface area contributed by atoms with Crippen LogP contribution in [0.2, 0.25) is 0 Å². The molecule has 1 saturated heterocycles. The van der Waals surface area contributed by atoms with Crippen molar-refractivity contribution in [2.45, 2.75) is 144 Å². The number of hydrogen-bond donors (Lipinski definition) is 0. The molecule has 1 radical (unpaired) electrons. The molecule has 1 fully saturated rings. The van der Waals surface area contributed by atoms with Crippen molar-refractivity contribution in [3.8, 4) is 45.5 Å². The number of rotatable bonds is 4. The summed E-state index contributed by atoms with van der Waals surface area (Å²) in [6.07, 6.45) is 8.19. The molecule has 8 nitrogen and oxygen atoms in total. The van der Waals surface area contributed by atoms with Gasteiger partial charge in [-0.3, -0.25) is 0 Å². The van der Waals surface area contributed by atoms with Crippen molar-refractivity contribution in [3.05, 3.63) is 135 Å². The second-order valence-electron chi connectivity index (χ2n) is 24.6. The fourth-order valence-electron chi connectivity index (χ4n) is 9.38. The van der Waals surface area contributed by atoms with Gasteiger partial charge in [-0.2, -0.15) is 10.5 Å². The Hall–Kier alpha value is -6.26. The van der Waals surface area contributed by atoms with Gasteiger partial charge >= 0.3 is 24.2 Å². The van der Waals surface area contributed by atoms with Crippen LogP contribution in [0.4, 0.5) is 0 Å². The molecular formula is C62H65BCuN6O2. The largest absolute Gasteiger partial charge is 2.00 e. The van der Waals surface area contributed by atoms with Crippen LogP contribution in [0.3, 0.4) is 0 Å². The van der Waals surface area contributed by atoms with Gasteiger partial charge in [0.1, 0.15) is 0 Å². The van der Waals surface area contributed by atoms with E-state index in [2.05, 4.69) is 184 Å². The van der Waals surface area contributed by atoms with Crippen LogP contribution in [-0.2, 0) is 48.0 Å². The summed E-state index contributed by atoms with van der Waals surface area (Å²) in [6, 6.07) is 31.8. The predicted octanol–water partition coefficient (Wildman–Crippen LogP) is 14.1. The molecular weight excluding hydrogens is 935 g/mol. The molecule has 72 heavy (non-hydrogen) atoms. The van der Waals surface area contributed by atoms with Crippen molar-refractivity contribution in [2.24, 2.45) is 0 Å². The van der Waals surface area contributed by atoms with E-state index in [4.69, 9.17) is 29.2 Å². The Labute approximate surface area is 437 Å². The molecule has 6 heterocycles. The number of nitrogens with zero attached hydrogens (tertiary/aromatic N) is 6. The maximum atomic E-state index is 10.3. The van der Waals surface area contributed by atoms with Crippen LogP contribution >= 0.6 is 0 Å². The van der Waals surface area contributed by atoms with Crippen molar-refractivity contribution in [2.75, 3.05) is 0 Å². The van der Waals surface area contributed by atoms with Crippen molar-refractivity contribution in [1.29, 1.82) is 10.5 Å². The topological polar surface area (TPSA) is 120 Å². The predicted molar refractivity (Wildman–Crippen MR) is 293 cm³/mol. The summed E-state index contributed by atoms with van der Waals surface area (Å²) in [5.74, 6) is 0. The monoisotopic (exact) mass is 999 g/mol. The van der Waals surface area contributed by atoms with Crippen LogP contribution in [0.15, 0.2) is 78.9 Å². The van der Waals surface area contributed by atoms with E-state index in [9.17, 15) is 10.5 Å². The van der Waals surface area contributed by atoms with Gasteiger partial charge in [-0.15, -0.1) is 22.1 Å². The molecule has 0 N–H and O–H groups in total. The number of fused-ring (bicyclic) bond motifs is 8. The molecule has 6 aromatic rings. The first-order chi connectivity index (χ1) is 33.0. The molecule has 10 heteroatoms. The summed E-state index contributed by atoms with van der Waals surface area (Å²) in [4.78, 5) is 22.1. The Balaban J connectivity index is 0.00000693. The van der Waals surface area contributed by atoms with Gasteiger partial charge in [0.2, 0.25) is 0 Å². The Morgan fingerprint density at radius 1 is 0.444 bits per heavy atom. The molecule has 3 aliphatic heterocycles. The van der Waals surface area contributed by atoms with Gasteiger partial charge in [0, 0.05) is 0 Å². The van der Waals surface area contributed by atoms with E-state index >= 15 is 0 Å². The summed E-state index contributed by atoms with van der Waals surface area (Å²) in [5.41, 5.74) is 15.0. The summed E-state index contributed by atoms with van der Waals surface area (Å²) in [7, 11) is -0.781. The minimum Gasteiger partial charge on any atom is -0.658 e. The fourth-order valence-corrected chi connectivity index (χ4v) is 9.38. The van der Waals surface area contributed by atoms with E-state index in [-0.39, 0.29) is 38.7 Å². The van der Waals surface area contributed by atoms with E-state index in [0.29, 0.717) is 44.7 Å².